The molecule has 18 heavy (non-hydrogen) atoms. The Hall–Kier alpha value is -1.82. The van der Waals surface area contributed by atoms with Crippen molar-refractivity contribution >= 4 is 0 Å². The first-order chi connectivity index (χ1) is 8.79. The van der Waals surface area contributed by atoms with Crippen molar-refractivity contribution in [3.8, 4) is 0 Å². The van der Waals surface area contributed by atoms with Gasteiger partial charge in [0.1, 0.15) is 18.0 Å². The Balaban J connectivity index is 1.87. The van der Waals surface area contributed by atoms with Gasteiger partial charge in [0.05, 0.1) is 11.9 Å². The van der Waals surface area contributed by atoms with Crippen molar-refractivity contribution in [2.45, 2.75) is 25.8 Å². The third-order valence-corrected chi connectivity index (χ3v) is 2.73. The van der Waals surface area contributed by atoms with E-state index in [-0.39, 0.29) is 11.9 Å². The third kappa shape index (κ3) is 3.33. The molecule has 2 aromatic rings. The largest absolute Gasteiger partial charge is 0.308 e. The van der Waals surface area contributed by atoms with Crippen molar-refractivity contribution in [3.63, 3.8) is 0 Å². The number of H-pyrrole nitrogens is 1. The van der Waals surface area contributed by atoms with E-state index in [1.54, 1.807) is 6.07 Å². The van der Waals surface area contributed by atoms with Gasteiger partial charge in [0, 0.05) is 19.0 Å². The standard InChI is InChI=1S/C12H16FN5/c1-2-10(11-4-3-9(13)7-15-11)14-6-5-12-16-8-17-18-12/h3-4,7-8,10,14H,2,5-6H2,1H3,(H,16,17,18). The molecule has 0 fully saturated rings. The number of aromatic amines is 1. The van der Waals surface area contributed by atoms with Gasteiger partial charge in [-0.15, -0.1) is 0 Å². The summed E-state index contributed by atoms with van der Waals surface area (Å²) in [7, 11) is 0. The van der Waals surface area contributed by atoms with E-state index >= 15 is 0 Å². The first-order valence-corrected chi connectivity index (χ1v) is 5.98. The number of halogens is 1. The summed E-state index contributed by atoms with van der Waals surface area (Å²) in [6, 6.07) is 3.28. The van der Waals surface area contributed by atoms with Crippen molar-refractivity contribution < 1.29 is 4.39 Å². The molecule has 1 atom stereocenters. The predicted octanol–water partition coefficient (Wildman–Crippen LogP) is 1.62. The van der Waals surface area contributed by atoms with Crippen LogP contribution in [-0.4, -0.2) is 26.7 Å². The summed E-state index contributed by atoms with van der Waals surface area (Å²) in [5.41, 5.74) is 0.858. The van der Waals surface area contributed by atoms with Crippen LogP contribution >= 0.6 is 0 Å². The first kappa shape index (κ1) is 12.6. The Kier molecular flexibility index (Phi) is 4.35. The van der Waals surface area contributed by atoms with E-state index in [0.717, 1.165) is 30.9 Å². The zero-order valence-corrected chi connectivity index (χ0v) is 10.2. The lowest BCUT2D eigenvalue weighted by Gasteiger charge is -2.15. The van der Waals surface area contributed by atoms with Crippen molar-refractivity contribution in [1.29, 1.82) is 0 Å². The maximum Gasteiger partial charge on any atom is 0.141 e. The zero-order chi connectivity index (χ0) is 12.8. The lowest BCUT2D eigenvalue weighted by atomic mass is 10.1. The minimum Gasteiger partial charge on any atom is -0.308 e. The highest BCUT2D eigenvalue weighted by molar-refractivity contribution is 5.09. The average Bonchev–Trinajstić information content (AvgIpc) is 2.89. The van der Waals surface area contributed by atoms with E-state index in [9.17, 15) is 4.39 Å². The SMILES string of the molecule is CCC(NCCc1ncn[nH]1)c1ccc(F)cn1. The van der Waals surface area contributed by atoms with Crippen LogP contribution in [0.3, 0.4) is 0 Å². The van der Waals surface area contributed by atoms with Gasteiger partial charge in [0.25, 0.3) is 0 Å². The topological polar surface area (TPSA) is 66.5 Å². The monoisotopic (exact) mass is 249 g/mol. The lowest BCUT2D eigenvalue weighted by Crippen LogP contribution is -2.24. The fourth-order valence-corrected chi connectivity index (χ4v) is 1.77. The molecule has 0 radical (unpaired) electrons. The van der Waals surface area contributed by atoms with Crippen LogP contribution in [0, 0.1) is 5.82 Å². The summed E-state index contributed by atoms with van der Waals surface area (Å²) in [6.07, 6.45) is 4.41. The number of pyridine rings is 1. The first-order valence-electron chi connectivity index (χ1n) is 5.98. The van der Waals surface area contributed by atoms with E-state index in [0.29, 0.717) is 0 Å². The molecular weight excluding hydrogens is 233 g/mol. The van der Waals surface area contributed by atoms with Gasteiger partial charge in [0.2, 0.25) is 0 Å². The summed E-state index contributed by atoms with van der Waals surface area (Å²) in [4.78, 5) is 8.14. The maximum atomic E-state index is 12.8. The van der Waals surface area contributed by atoms with Crippen LogP contribution in [0.2, 0.25) is 0 Å². The highest BCUT2D eigenvalue weighted by Crippen LogP contribution is 2.13. The molecule has 0 bridgehead atoms. The van der Waals surface area contributed by atoms with Gasteiger partial charge in [-0.3, -0.25) is 10.1 Å². The second kappa shape index (κ2) is 6.20. The fraction of sp³-hybridized carbons (Fsp3) is 0.417. The number of nitrogens with one attached hydrogen (secondary N) is 2. The molecule has 2 N–H and O–H groups in total. The quantitative estimate of drug-likeness (QED) is 0.816. The molecule has 0 spiro atoms. The molecule has 0 aliphatic carbocycles. The molecule has 2 aromatic heterocycles. The molecule has 1 unspecified atom stereocenters. The smallest absolute Gasteiger partial charge is 0.141 e. The fourth-order valence-electron chi connectivity index (χ4n) is 1.77. The summed E-state index contributed by atoms with van der Waals surface area (Å²) >= 11 is 0. The molecule has 0 amide bonds. The van der Waals surface area contributed by atoms with Gasteiger partial charge in [-0.25, -0.2) is 9.37 Å². The Morgan fingerprint density at radius 1 is 1.39 bits per heavy atom. The highest BCUT2D eigenvalue weighted by atomic mass is 19.1. The van der Waals surface area contributed by atoms with Crippen LogP contribution < -0.4 is 5.32 Å². The molecule has 6 heteroatoms. The van der Waals surface area contributed by atoms with Gasteiger partial charge in [-0.2, -0.15) is 5.10 Å². The summed E-state index contributed by atoms with van der Waals surface area (Å²) in [5.74, 6) is 0.541. The van der Waals surface area contributed by atoms with Gasteiger partial charge < -0.3 is 5.32 Å². The molecule has 2 rings (SSSR count). The minimum absolute atomic E-state index is 0.133. The number of nitrogens with zero attached hydrogens (tertiary/aromatic N) is 3. The Labute approximate surface area is 105 Å². The van der Waals surface area contributed by atoms with Crippen molar-refractivity contribution in [2.75, 3.05) is 6.54 Å². The number of aromatic nitrogens is 4. The molecule has 96 valence electrons. The number of rotatable bonds is 6. The predicted molar refractivity (Wildman–Crippen MR) is 65.3 cm³/mol. The Morgan fingerprint density at radius 2 is 2.28 bits per heavy atom. The van der Waals surface area contributed by atoms with E-state index in [4.69, 9.17) is 0 Å². The third-order valence-electron chi connectivity index (χ3n) is 2.73. The van der Waals surface area contributed by atoms with E-state index in [1.165, 1.54) is 18.6 Å². The Morgan fingerprint density at radius 3 is 2.89 bits per heavy atom. The lowest BCUT2D eigenvalue weighted by molar-refractivity contribution is 0.504. The van der Waals surface area contributed by atoms with Crippen molar-refractivity contribution in [3.05, 3.63) is 42.0 Å². The van der Waals surface area contributed by atoms with E-state index in [2.05, 4.69) is 32.4 Å². The van der Waals surface area contributed by atoms with Gasteiger partial charge in [0.15, 0.2) is 0 Å². The maximum absolute atomic E-state index is 12.8. The molecular formula is C12H16FN5. The molecule has 0 aromatic carbocycles. The molecule has 0 aliphatic rings. The summed E-state index contributed by atoms with van der Waals surface area (Å²) in [6.45, 7) is 2.84. The van der Waals surface area contributed by atoms with E-state index in [1.807, 2.05) is 0 Å². The van der Waals surface area contributed by atoms with E-state index < -0.39 is 0 Å². The van der Waals surface area contributed by atoms with Crippen molar-refractivity contribution in [2.24, 2.45) is 0 Å². The van der Waals surface area contributed by atoms with Crippen LogP contribution in [0.4, 0.5) is 4.39 Å². The Bertz CT molecular complexity index is 454. The molecule has 2 heterocycles. The second-order valence-corrected chi connectivity index (χ2v) is 4.00. The molecule has 0 aliphatic heterocycles. The van der Waals surface area contributed by atoms with Gasteiger partial charge in [-0.05, 0) is 18.6 Å². The van der Waals surface area contributed by atoms with Crippen LogP contribution in [0.15, 0.2) is 24.7 Å². The van der Waals surface area contributed by atoms with Crippen LogP contribution in [0.25, 0.3) is 0 Å². The molecule has 0 saturated heterocycles. The second-order valence-electron chi connectivity index (χ2n) is 4.00. The molecule has 0 saturated carbocycles. The average molecular weight is 249 g/mol. The molecule has 5 nitrogen and oxygen atoms in total. The highest BCUT2D eigenvalue weighted by Gasteiger charge is 2.10. The normalized spacial score (nSPS) is 12.6. The summed E-state index contributed by atoms with van der Waals surface area (Å²) in [5, 5.41) is 9.97. The number of hydrogen-bond donors (Lipinski definition) is 2. The van der Waals surface area contributed by atoms with Crippen LogP contribution in [-0.2, 0) is 6.42 Å². The zero-order valence-electron chi connectivity index (χ0n) is 10.2. The van der Waals surface area contributed by atoms with Gasteiger partial charge >= 0.3 is 0 Å². The van der Waals surface area contributed by atoms with Crippen LogP contribution in [0.1, 0.15) is 30.9 Å². The minimum atomic E-state index is -0.310. The number of hydrogen-bond acceptors (Lipinski definition) is 4. The summed E-state index contributed by atoms with van der Waals surface area (Å²) < 4.78 is 12.8. The van der Waals surface area contributed by atoms with Gasteiger partial charge in [-0.1, -0.05) is 6.92 Å². The van der Waals surface area contributed by atoms with Crippen LogP contribution in [0.5, 0.6) is 0 Å². The van der Waals surface area contributed by atoms with Crippen molar-refractivity contribution in [1.82, 2.24) is 25.5 Å².